The van der Waals surface area contributed by atoms with Crippen molar-refractivity contribution >= 4 is 27.4 Å². The average molecular weight is 298 g/mol. The monoisotopic (exact) mass is 297 g/mol. The molecule has 5 nitrogen and oxygen atoms in total. The van der Waals surface area contributed by atoms with Crippen molar-refractivity contribution in [3.63, 3.8) is 0 Å². The molecule has 2 aromatic rings. The molecule has 0 saturated heterocycles. The van der Waals surface area contributed by atoms with Gasteiger partial charge in [0.25, 0.3) is 10.0 Å². The van der Waals surface area contributed by atoms with Gasteiger partial charge in [0, 0.05) is 11.9 Å². The first-order valence-corrected chi connectivity index (χ1v) is 7.32. The number of pyridine rings is 2. The van der Waals surface area contributed by atoms with Gasteiger partial charge in [-0.25, -0.2) is 18.4 Å². The van der Waals surface area contributed by atoms with Gasteiger partial charge in [0.1, 0.15) is 15.9 Å². The second-order valence-electron chi connectivity index (χ2n) is 4.09. The highest BCUT2D eigenvalue weighted by atomic mass is 35.5. The molecule has 2 heterocycles. The highest BCUT2D eigenvalue weighted by Crippen LogP contribution is 2.16. The van der Waals surface area contributed by atoms with Gasteiger partial charge >= 0.3 is 0 Å². The number of nitrogens with zero attached hydrogens (tertiary/aromatic N) is 2. The van der Waals surface area contributed by atoms with Gasteiger partial charge in [-0.1, -0.05) is 11.6 Å². The van der Waals surface area contributed by atoms with E-state index in [1.54, 1.807) is 13.0 Å². The molecule has 100 valence electrons. The van der Waals surface area contributed by atoms with Crippen LogP contribution in [0.4, 0.5) is 5.82 Å². The second-order valence-corrected chi connectivity index (χ2v) is 6.16. The zero-order valence-corrected chi connectivity index (χ0v) is 12.0. The minimum absolute atomic E-state index is 0.0397. The molecular formula is C12H12ClN3O2S. The first-order valence-electron chi connectivity index (χ1n) is 5.46. The van der Waals surface area contributed by atoms with Crippen molar-refractivity contribution < 1.29 is 8.42 Å². The fraction of sp³-hybridized carbons (Fsp3) is 0.167. The fourth-order valence-corrected chi connectivity index (χ4v) is 2.66. The average Bonchev–Trinajstić information content (AvgIpc) is 2.27. The number of aromatic nitrogens is 2. The molecule has 0 aliphatic rings. The summed E-state index contributed by atoms with van der Waals surface area (Å²) in [7, 11) is -3.70. The van der Waals surface area contributed by atoms with E-state index in [9.17, 15) is 8.42 Å². The van der Waals surface area contributed by atoms with Crippen molar-refractivity contribution in [3.05, 3.63) is 46.9 Å². The molecule has 2 aromatic heterocycles. The van der Waals surface area contributed by atoms with E-state index in [0.29, 0.717) is 0 Å². The molecule has 0 atom stereocenters. The highest BCUT2D eigenvalue weighted by Gasteiger charge is 2.15. The molecular weight excluding hydrogens is 286 g/mol. The lowest BCUT2D eigenvalue weighted by molar-refractivity contribution is 0.600. The van der Waals surface area contributed by atoms with Crippen LogP contribution in [0.1, 0.15) is 11.3 Å². The van der Waals surface area contributed by atoms with Gasteiger partial charge < -0.3 is 0 Å². The second kappa shape index (κ2) is 5.14. The SMILES string of the molecule is Cc1cc(C)nc(NS(=O)(=O)c2ccc(Cl)nc2)c1. The Morgan fingerprint density at radius 1 is 1.21 bits per heavy atom. The maximum Gasteiger partial charge on any atom is 0.264 e. The number of sulfonamides is 1. The summed E-state index contributed by atoms with van der Waals surface area (Å²) in [5.41, 5.74) is 1.67. The molecule has 0 amide bonds. The zero-order valence-electron chi connectivity index (χ0n) is 10.4. The third-order valence-corrected chi connectivity index (χ3v) is 3.91. The smallest absolute Gasteiger partial charge is 0.263 e. The van der Waals surface area contributed by atoms with Crippen LogP contribution in [-0.4, -0.2) is 18.4 Å². The maximum atomic E-state index is 12.1. The Morgan fingerprint density at radius 3 is 2.53 bits per heavy atom. The van der Waals surface area contributed by atoms with E-state index in [0.717, 1.165) is 11.3 Å². The molecule has 0 radical (unpaired) electrons. The van der Waals surface area contributed by atoms with Crippen molar-refractivity contribution in [3.8, 4) is 0 Å². The number of anilines is 1. The van der Waals surface area contributed by atoms with Gasteiger partial charge in [-0.15, -0.1) is 0 Å². The third-order valence-electron chi connectivity index (χ3n) is 2.35. The Labute approximate surface area is 116 Å². The van der Waals surface area contributed by atoms with Crippen LogP contribution in [0.3, 0.4) is 0 Å². The van der Waals surface area contributed by atoms with Crippen LogP contribution in [0.2, 0.25) is 5.15 Å². The third kappa shape index (κ3) is 3.42. The predicted octanol–water partition coefficient (Wildman–Crippen LogP) is 2.55. The minimum Gasteiger partial charge on any atom is -0.263 e. The Bertz CT molecular complexity index is 679. The van der Waals surface area contributed by atoms with Gasteiger partial charge in [0.2, 0.25) is 0 Å². The summed E-state index contributed by atoms with van der Waals surface area (Å²) in [6.45, 7) is 3.67. The summed E-state index contributed by atoms with van der Waals surface area (Å²) in [5.74, 6) is 0.285. The van der Waals surface area contributed by atoms with E-state index >= 15 is 0 Å². The lowest BCUT2D eigenvalue weighted by Gasteiger charge is -2.08. The Hall–Kier alpha value is -1.66. The number of hydrogen-bond acceptors (Lipinski definition) is 4. The first kappa shape index (κ1) is 13.8. The first-order chi connectivity index (χ1) is 8.87. The molecule has 0 bridgehead atoms. The molecule has 0 unspecified atom stereocenters. The largest absolute Gasteiger partial charge is 0.264 e. The minimum atomic E-state index is -3.70. The topological polar surface area (TPSA) is 72.0 Å². The van der Waals surface area contributed by atoms with E-state index in [1.165, 1.54) is 18.3 Å². The molecule has 1 N–H and O–H groups in total. The number of halogens is 1. The summed E-state index contributed by atoms with van der Waals surface area (Å²) in [4.78, 5) is 7.91. The normalized spacial score (nSPS) is 11.3. The number of aryl methyl sites for hydroxylation is 2. The number of rotatable bonds is 3. The van der Waals surface area contributed by atoms with Crippen molar-refractivity contribution in [2.45, 2.75) is 18.7 Å². The number of hydrogen-bond donors (Lipinski definition) is 1. The summed E-state index contributed by atoms with van der Waals surface area (Å²) in [5, 5.41) is 0.239. The molecule has 0 fully saturated rings. The molecule has 19 heavy (non-hydrogen) atoms. The van der Waals surface area contributed by atoms with Gasteiger partial charge in [-0.05, 0) is 43.7 Å². The lowest BCUT2D eigenvalue weighted by atomic mass is 10.2. The quantitative estimate of drug-likeness (QED) is 0.884. The predicted molar refractivity (Wildman–Crippen MR) is 73.8 cm³/mol. The van der Waals surface area contributed by atoms with E-state index in [4.69, 9.17) is 11.6 Å². The Balaban J connectivity index is 2.33. The highest BCUT2D eigenvalue weighted by molar-refractivity contribution is 7.92. The number of nitrogens with one attached hydrogen (secondary N) is 1. The Kier molecular flexibility index (Phi) is 3.73. The van der Waals surface area contributed by atoms with Crippen LogP contribution < -0.4 is 4.72 Å². The van der Waals surface area contributed by atoms with Crippen LogP contribution >= 0.6 is 11.6 Å². The van der Waals surface area contributed by atoms with Crippen LogP contribution in [0.5, 0.6) is 0 Å². The van der Waals surface area contributed by atoms with Gasteiger partial charge in [-0.2, -0.15) is 0 Å². The molecule has 0 aliphatic carbocycles. The van der Waals surface area contributed by atoms with E-state index in [1.807, 2.05) is 13.0 Å². The molecule has 0 aliphatic heterocycles. The van der Waals surface area contributed by atoms with Gasteiger partial charge in [-0.3, -0.25) is 4.72 Å². The summed E-state index contributed by atoms with van der Waals surface area (Å²) >= 11 is 5.62. The summed E-state index contributed by atoms with van der Waals surface area (Å²) in [6, 6.07) is 6.33. The van der Waals surface area contributed by atoms with E-state index < -0.39 is 10.0 Å². The molecule has 0 spiro atoms. The van der Waals surface area contributed by atoms with E-state index in [2.05, 4.69) is 14.7 Å². The summed E-state index contributed by atoms with van der Waals surface area (Å²) in [6.07, 6.45) is 1.20. The zero-order chi connectivity index (χ0) is 14.0. The van der Waals surface area contributed by atoms with Crippen LogP contribution in [0.25, 0.3) is 0 Å². The van der Waals surface area contributed by atoms with E-state index in [-0.39, 0.29) is 15.9 Å². The van der Waals surface area contributed by atoms with Crippen molar-refractivity contribution in [2.75, 3.05) is 4.72 Å². The van der Waals surface area contributed by atoms with Crippen LogP contribution in [0, 0.1) is 13.8 Å². The van der Waals surface area contributed by atoms with Gasteiger partial charge in [0.15, 0.2) is 0 Å². The van der Waals surface area contributed by atoms with Crippen LogP contribution in [-0.2, 0) is 10.0 Å². The molecule has 0 saturated carbocycles. The molecule has 2 rings (SSSR count). The molecule has 7 heteroatoms. The Morgan fingerprint density at radius 2 is 1.95 bits per heavy atom. The van der Waals surface area contributed by atoms with Crippen molar-refractivity contribution in [1.82, 2.24) is 9.97 Å². The standard InChI is InChI=1S/C12H12ClN3O2S/c1-8-5-9(2)15-12(6-8)16-19(17,18)10-3-4-11(13)14-7-10/h3-7H,1-2H3,(H,15,16). The van der Waals surface area contributed by atoms with Crippen LogP contribution in [0.15, 0.2) is 35.4 Å². The van der Waals surface area contributed by atoms with Gasteiger partial charge in [0.05, 0.1) is 0 Å². The molecule has 0 aromatic carbocycles. The fourth-order valence-electron chi connectivity index (χ4n) is 1.61. The lowest BCUT2D eigenvalue weighted by Crippen LogP contribution is -2.14. The van der Waals surface area contributed by atoms with Crippen molar-refractivity contribution in [2.24, 2.45) is 0 Å². The van der Waals surface area contributed by atoms with Crippen molar-refractivity contribution in [1.29, 1.82) is 0 Å². The summed E-state index contributed by atoms with van der Waals surface area (Å²) < 4.78 is 26.6. The maximum absolute atomic E-state index is 12.1.